The Morgan fingerprint density at radius 1 is 1.22 bits per heavy atom. The van der Waals surface area contributed by atoms with Crippen LogP contribution in [0.1, 0.15) is 25.5 Å². The molecule has 212 valence electrons. The van der Waals surface area contributed by atoms with Crippen molar-refractivity contribution < 1.29 is 19.0 Å². The van der Waals surface area contributed by atoms with E-state index >= 15 is 4.39 Å². The Morgan fingerprint density at radius 2 is 2.07 bits per heavy atom. The molecule has 5 heterocycles. The Kier molecular flexibility index (Phi) is 6.20. The predicted octanol–water partition coefficient (Wildman–Crippen LogP) is 3.02. The third-order valence-corrected chi connectivity index (χ3v) is 8.09. The maximum absolute atomic E-state index is 15.5. The lowest BCUT2D eigenvalue weighted by atomic mass is 9.92. The summed E-state index contributed by atoms with van der Waals surface area (Å²) < 4.78 is 30.8. The molecule has 0 unspecified atom stereocenters. The SMILES string of the molecule is CN(c1ncc2ccc(OC[C@H]3O[C@@H](n4cc(-c5ccn(C)n5)c5c(N)ncnc54)[C@@H](F)[C@@H]3O)cc2n1)C1CCC1. The number of alkyl halides is 1. The first-order chi connectivity index (χ1) is 19.9. The second-order valence-corrected chi connectivity index (χ2v) is 10.7. The number of aliphatic hydroxyl groups excluding tert-OH is 1. The number of rotatable bonds is 7. The molecule has 1 aliphatic heterocycles. The second-order valence-electron chi connectivity index (χ2n) is 10.7. The van der Waals surface area contributed by atoms with E-state index in [4.69, 9.17) is 20.2 Å². The minimum Gasteiger partial charge on any atom is -0.491 e. The summed E-state index contributed by atoms with van der Waals surface area (Å²) in [5.41, 5.74) is 8.59. The van der Waals surface area contributed by atoms with Crippen molar-refractivity contribution >= 4 is 33.7 Å². The molecule has 1 saturated heterocycles. The summed E-state index contributed by atoms with van der Waals surface area (Å²) in [5.74, 6) is 1.45. The van der Waals surface area contributed by atoms with Gasteiger partial charge in [0.1, 0.15) is 42.4 Å². The van der Waals surface area contributed by atoms with Crippen molar-refractivity contribution in [2.45, 2.75) is 49.9 Å². The Morgan fingerprint density at radius 3 is 2.83 bits per heavy atom. The highest BCUT2D eigenvalue weighted by Gasteiger charge is 2.46. The Bertz CT molecular complexity index is 1740. The van der Waals surface area contributed by atoms with Crippen molar-refractivity contribution in [2.24, 2.45) is 7.05 Å². The van der Waals surface area contributed by atoms with E-state index < -0.39 is 24.6 Å². The van der Waals surface area contributed by atoms with Gasteiger partial charge in [0.05, 0.1) is 16.6 Å². The molecule has 4 aromatic heterocycles. The van der Waals surface area contributed by atoms with Crippen LogP contribution in [0.25, 0.3) is 33.2 Å². The molecule has 3 N–H and O–H groups in total. The number of aromatic nitrogens is 7. The Labute approximate surface area is 234 Å². The van der Waals surface area contributed by atoms with Crippen molar-refractivity contribution in [1.29, 1.82) is 0 Å². The van der Waals surface area contributed by atoms with Crippen LogP contribution in [0.4, 0.5) is 16.2 Å². The molecule has 4 atom stereocenters. The van der Waals surface area contributed by atoms with Crippen molar-refractivity contribution in [2.75, 3.05) is 24.3 Å². The van der Waals surface area contributed by atoms with Gasteiger partial charge in [-0.2, -0.15) is 5.10 Å². The van der Waals surface area contributed by atoms with Crippen molar-refractivity contribution in [3.8, 4) is 17.0 Å². The van der Waals surface area contributed by atoms with Crippen molar-refractivity contribution in [3.05, 3.63) is 49.2 Å². The number of aryl methyl sites for hydroxylation is 1. The summed E-state index contributed by atoms with van der Waals surface area (Å²) in [6.07, 6.45) is 4.89. The lowest BCUT2D eigenvalue weighted by Gasteiger charge is -2.34. The van der Waals surface area contributed by atoms with Crippen LogP contribution >= 0.6 is 0 Å². The average molecular weight is 560 g/mol. The zero-order valence-electron chi connectivity index (χ0n) is 22.6. The second kappa shape index (κ2) is 9.93. The number of nitrogen functional groups attached to an aromatic ring is 1. The zero-order chi connectivity index (χ0) is 28.2. The highest BCUT2D eigenvalue weighted by molar-refractivity contribution is 5.99. The molecule has 2 fully saturated rings. The number of fused-ring (bicyclic) bond motifs is 2. The van der Waals surface area contributed by atoms with E-state index in [0.29, 0.717) is 40.0 Å². The fraction of sp³-hybridized carbons (Fsp3) is 0.393. The third-order valence-electron chi connectivity index (χ3n) is 8.09. The van der Waals surface area contributed by atoms with Gasteiger partial charge in [0, 0.05) is 55.7 Å². The molecule has 5 aromatic rings. The highest BCUT2D eigenvalue weighted by atomic mass is 19.1. The molecule has 2 aliphatic rings. The van der Waals surface area contributed by atoms with Crippen LogP contribution in [0, 0.1) is 0 Å². The molecule has 1 saturated carbocycles. The Hall–Kier alpha value is -4.36. The number of anilines is 2. The fourth-order valence-corrected chi connectivity index (χ4v) is 5.49. The van der Waals surface area contributed by atoms with Gasteiger partial charge in [-0.15, -0.1) is 0 Å². The smallest absolute Gasteiger partial charge is 0.225 e. The zero-order valence-corrected chi connectivity index (χ0v) is 22.6. The van der Waals surface area contributed by atoms with E-state index in [9.17, 15) is 5.11 Å². The van der Waals surface area contributed by atoms with Crippen molar-refractivity contribution in [1.82, 2.24) is 34.3 Å². The molecule has 1 aliphatic carbocycles. The fourth-order valence-electron chi connectivity index (χ4n) is 5.49. The van der Waals surface area contributed by atoms with E-state index in [1.54, 1.807) is 41.0 Å². The number of hydrogen-bond donors (Lipinski definition) is 2. The maximum Gasteiger partial charge on any atom is 0.225 e. The predicted molar refractivity (Wildman–Crippen MR) is 150 cm³/mol. The molecular weight excluding hydrogens is 529 g/mol. The van der Waals surface area contributed by atoms with E-state index in [1.807, 2.05) is 25.2 Å². The first-order valence-electron chi connectivity index (χ1n) is 13.6. The average Bonchev–Trinajstić information content (AvgIpc) is 3.62. The molecule has 0 amide bonds. The number of hydrogen-bond acceptors (Lipinski definition) is 10. The van der Waals surface area contributed by atoms with E-state index in [-0.39, 0.29) is 12.4 Å². The summed E-state index contributed by atoms with van der Waals surface area (Å²) >= 11 is 0. The van der Waals surface area contributed by atoms with Crippen LogP contribution in [-0.2, 0) is 11.8 Å². The topological polar surface area (TPSA) is 142 Å². The Balaban J connectivity index is 1.12. The minimum absolute atomic E-state index is 0.0626. The van der Waals surface area contributed by atoms with Crippen molar-refractivity contribution in [3.63, 3.8) is 0 Å². The van der Waals surface area contributed by atoms with Crippen LogP contribution in [0.5, 0.6) is 5.75 Å². The number of aliphatic hydroxyl groups is 1. The normalized spacial score (nSPS) is 22.8. The number of nitrogens with zero attached hydrogens (tertiary/aromatic N) is 8. The van der Waals surface area contributed by atoms with Gasteiger partial charge >= 0.3 is 0 Å². The molecule has 12 nitrogen and oxygen atoms in total. The van der Waals surface area contributed by atoms with Gasteiger partial charge in [0.2, 0.25) is 5.95 Å². The number of halogens is 1. The first-order valence-corrected chi connectivity index (χ1v) is 13.6. The molecule has 0 bridgehead atoms. The van der Waals surface area contributed by atoms with Gasteiger partial charge in [-0.1, -0.05) is 0 Å². The quantitative estimate of drug-likeness (QED) is 0.306. The maximum atomic E-state index is 15.5. The number of benzene rings is 1. The van der Waals surface area contributed by atoms with E-state index in [0.717, 1.165) is 23.7 Å². The standard InChI is InChI=1S/C28H30FN9O3/c1-36-9-8-19(35-36)18-12-38(26-22(18)25(30)32-14-33-26)27-23(29)24(39)21(41-27)13-40-17-7-6-15-11-31-28(34-20(15)10-17)37(2)16-4-3-5-16/h6-12,14,16,21,23-24,27,39H,3-5,13H2,1-2H3,(H2,30,32,33)/t21-,23+,24-,27-/m1/s1. The summed E-state index contributed by atoms with van der Waals surface area (Å²) in [7, 11) is 3.82. The first kappa shape index (κ1) is 25.6. The molecule has 7 rings (SSSR count). The van der Waals surface area contributed by atoms with Gasteiger partial charge in [-0.25, -0.2) is 24.3 Å². The van der Waals surface area contributed by atoms with Crippen LogP contribution in [0.3, 0.4) is 0 Å². The highest BCUT2D eigenvalue weighted by Crippen LogP contribution is 2.39. The van der Waals surface area contributed by atoms with Gasteiger partial charge in [0.25, 0.3) is 0 Å². The number of ether oxygens (including phenoxy) is 2. The van der Waals surface area contributed by atoms with Crippen LogP contribution < -0.4 is 15.4 Å². The molecule has 1 aromatic carbocycles. The van der Waals surface area contributed by atoms with Crippen LogP contribution in [-0.4, -0.2) is 77.5 Å². The van der Waals surface area contributed by atoms with Gasteiger partial charge < -0.3 is 29.8 Å². The largest absolute Gasteiger partial charge is 0.491 e. The minimum atomic E-state index is -1.74. The van der Waals surface area contributed by atoms with Gasteiger partial charge in [0.15, 0.2) is 12.4 Å². The summed E-state index contributed by atoms with van der Waals surface area (Å²) in [6, 6.07) is 7.78. The molecule has 0 radical (unpaired) electrons. The third kappa shape index (κ3) is 4.41. The lowest BCUT2D eigenvalue weighted by Crippen LogP contribution is -2.38. The summed E-state index contributed by atoms with van der Waals surface area (Å²) in [5, 5.41) is 16.7. The van der Waals surface area contributed by atoms with Gasteiger partial charge in [-0.05, 0) is 37.5 Å². The van der Waals surface area contributed by atoms with Crippen LogP contribution in [0.15, 0.2) is 49.2 Å². The van der Waals surface area contributed by atoms with Gasteiger partial charge in [-0.3, -0.25) is 4.68 Å². The molecule has 41 heavy (non-hydrogen) atoms. The number of nitrogens with two attached hydrogens (primary N) is 1. The van der Waals surface area contributed by atoms with Crippen LogP contribution in [0.2, 0.25) is 0 Å². The monoisotopic (exact) mass is 559 g/mol. The summed E-state index contributed by atoms with van der Waals surface area (Å²) in [4.78, 5) is 19.8. The molecule has 0 spiro atoms. The van der Waals surface area contributed by atoms with E-state index in [1.165, 1.54) is 12.7 Å². The summed E-state index contributed by atoms with van der Waals surface area (Å²) in [6.45, 7) is -0.0626. The molecular formula is C28H30FN9O3. The van der Waals surface area contributed by atoms with E-state index in [2.05, 4.69) is 25.0 Å². The molecule has 13 heteroatoms. The lowest BCUT2D eigenvalue weighted by molar-refractivity contribution is -0.0410.